The van der Waals surface area contributed by atoms with Crippen LogP contribution >= 0.6 is 23.4 Å². The topological polar surface area (TPSA) is 23.8 Å². The Bertz CT molecular complexity index is 629. The Morgan fingerprint density at radius 3 is 2.56 bits per heavy atom. The number of nitrogens with zero attached hydrogens (tertiary/aromatic N) is 1. The summed E-state index contributed by atoms with van der Waals surface area (Å²) in [5, 5.41) is 9.63. The molecule has 0 heterocycles. The molecule has 1 nitrogen and oxygen atoms in total. The van der Waals surface area contributed by atoms with Gasteiger partial charge in [0.15, 0.2) is 0 Å². The molecule has 0 radical (unpaired) electrons. The summed E-state index contributed by atoms with van der Waals surface area (Å²) in [5.41, 5.74) is 3.06. The standard InChI is InChI=1S/C15H12ClNS/c1-10-6-7-12(8-11(10)2)18-15-5-3-4-14(16)13(15)9-17/h3-8H,1-2H3. The van der Waals surface area contributed by atoms with E-state index in [1.807, 2.05) is 12.1 Å². The highest BCUT2D eigenvalue weighted by atomic mass is 35.5. The van der Waals surface area contributed by atoms with Gasteiger partial charge in [-0.1, -0.05) is 35.5 Å². The average Bonchev–Trinajstić information content (AvgIpc) is 2.34. The van der Waals surface area contributed by atoms with Crippen molar-refractivity contribution in [3.63, 3.8) is 0 Å². The van der Waals surface area contributed by atoms with Gasteiger partial charge >= 0.3 is 0 Å². The zero-order valence-electron chi connectivity index (χ0n) is 10.2. The Hall–Kier alpha value is -1.43. The van der Waals surface area contributed by atoms with Crippen LogP contribution in [0.4, 0.5) is 0 Å². The van der Waals surface area contributed by atoms with Crippen LogP contribution in [0.25, 0.3) is 0 Å². The molecule has 0 aromatic heterocycles. The third kappa shape index (κ3) is 2.69. The molecule has 90 valence electrons. The lowest BCUT2D eigenvalue weighted by atomic mass is 10.1. The van der Waals surface area contributed by atoms with E-state index in [4.69, 9.17) is 16.9 Å². The minimum atomic E-state index is 0.506. The summed E-state index contributed by atoms with van der Waals surface area (Å²) >= 11 is 7.59. The van der Waals surface area contributed by atoms with E-state index < -0.39 is 0 Å². The molecular weight excluding hydrogens is 262 g/mol. The van der Waals surface area contributed by atoms with Crippen molar-refractivity contribution < 1.29 is 0 Å². The van der Waals surface area contributed by atoms with E-state index in [1.165, 1.54) is 11.1 Å². The lowest BCUT2D eigenvalue weighted by Crippen LogP contribution is -1.85. The summed E-state index contributed by atoms with van der Waals surface area (Å²) in [7, 11) is 0. The zero-order valence-corrected chi connectivity index (χ0v) is 11.8. The first-order valence-electron chi connectivity index (χ1n) is 5.55. The van der Waals surface area contributed by atoms with E-state index in [1.54, 1.807) is 17.8 Å². The van der Waals surface area contributed by atoms with Gasteiger partial charge in [0.2, 0.25) is 0 Å². The molecule has 0 N–H and O–H groups in total. The molecule has 2 aromatic rings. The van der Waals surface area contributed by atoms with Crippen LogP contribution in [-0.2, 0) is 0 Å². The zero-order chi connectivity index (χ0) is 13.1. The summed E-state index contributed by atoms with van der Waals surface area (Å²) in [6.45, 7) is 4.17. The first-order chi connectivity index (χ1) is 8.61. The largest absolute Gasteiger partial charge is 0.192 e. The number of hydrogen-bond donors (Lipinski definition) is 0. The Balaban J connectivity index is 2.37. The van der Waals surface area contributed by atoms with Crippen LogP contribution < -0.4 is 0 Å². The summed E-state index contributed by atoms with van der Waals surface area (Å²) < 4.78 is 0. The third-order valence-electron chi connectivity index (χ3n) is 2.79. The fraction of sp³-hybridized carbons (Fsp3) is 0.133. The van der Waals surface area contributed by atoms with Crippen molar-refractivity contribution in [2.45, 2.75) is 23.6 Å². The van der Waals surface area contributed by atoms with Crippen molar-refractivity contribution in [3.8, 4) is 6.07 Å². The van der Waals surface area contributed by atoms with E-state index >= 15 is 0 Å². The van der Waals surface area contributed by atoms with Crippen molar-refractivity contribution in [1.29, 1.82) is 5.26 Å². The molecule has 0 atom stereocenters. The van der Waals surface area contributed by atoms with Gasteiger partial charge in [-0.05, 0) is 49.2 Å². The molecule has 0 spiro atoms. The highest BCUT2D eigenvalue weighted by Gasteiger charge is 2.08. The molecule has 0 aliphatic carbocycles. The van der Waals surface area contributed by atoms with Gasteiger partial charge in [-0.15, -0.1) is 0 Å². The first-order valence-corrected chi connectivity index (χ1v) is 6.75. The Morgan fingerprint density at radius 1 is 1.11 bits per heavy atom. The third-order valence-corrected chi connectivity index (χ3v) is 4.16. The van der Waals surface area contributed by atoms with Crippen molar-refractivity contribution >= 4 is 23.4 Å². The Labute approximate surface area is 116 Å². The van der Waals surface area contributed by atoms with E-state index in [-0.39, 0.29) is 0 Å². The van der Waals surface area contributed by atoms with E-state index in [9.17, 15) is 0 Å². The minimum Gasteiger partial charge on any atom is -0.192 e. The highest BCUT2D eigenvalue weighted by molar-refractivity contribution is 7.99. The second-order valence-electron chi connectivity index (χ2n) is 4.07. The summed E-state index contributed by atoms with van der Waals surface area (Å²) in [6, 6.07) is 14.0. The van der Waals surface area contributed by atoms with Crippen molar-refractivity contribution in [2.24, 2.45) is 0 Å². The quantitative estimate of drug-likeness (QED) is 0.770. The SMILES string of the molecule is Cc1ccc(Sc2cccc(Cl)c2C#N)cc1C. The monoisotopic (exact) mass is 273 g/mol. The van der Waals surface area contributed by atoms with Crippen molar-refractivity contribution in [3.05, 3.63) is 58.1 Å². The lowest BCUT2D eigenvalue weighted by Gasteiger charge is -2.07. The Kier molecular flexibility index (Phi) is 3.96. The maximum Gasteiger partial charge on any atom is 0.102 e. The van der Waals surface area contributed by atoms with Crippen molar-refractivity contribution in [2.75, 3.05) is 0 Å². The molecule has 0 aliphatic heterocycles. The lowest BCUT2D eigenvalue weighted by molar-refractivity contribution is 1.27. The number of hydrogen-bond acceptors (Lipinski definition) is 2. The van der Waals surface area contributed by atoms with Crippen LogP contribution in [0.5, 0.6) is 0 Å². The van der Waals surface area contributed by atoms with Gasteiger partial charge in [-0.2, -0.15) is 5.26 Å². The second-order valence-corrected chi connectivity index (χ2v) is 5.60. The molecule has 3 heteroatoms. The molecule has 0 bridgehead atoms. The van der Waals surface area contributed by atoms with Crippen LogP contribution in [0.3, 0.4) is 0 Å². The number of halogens is 1. The molecule has 0 saturated heterocycles. The van der Waals surface area contributed by atoms with Crippen LogP contribution in [0.15, 0.2) is 46.2 Å². The predicted molar refractivity (Wildman–Crippen MR) is 76.2 cm³/mol. The van der Waals surface area contributed by atoms with Gasteiger partial charge in [0, 0.05) is 9.79 Å². The molecule has 0 amide bonds. The fourth-order valence-electron chi connectivity index (χ4n) is 1.60. The maximum atomic E-state index is 9.13. The highest BCUT2D eigenvalue weighted by Crippen LogP contribution is 2.33. The van der Waals surface area contributed by atoms with Gasteiger partial charge in [0.25, 0.3) is 0 Å². The average molecular weight is 274 g/mol. The van der Waals surface area contributed by atoms with E-state index in [0.717, 1.165) is 9.79 Å². The van der Waals surface area contributed by atoms with E-state index in [0.29, 0.717) is 10.6 Å². The normalized spacial score (nSPS) is 10.1. The van der Waals surface area contributed by atoms with Crippen LogP contribution in [-0.4, -0.2) is 0 Å². The molecule has 0 fully saturated rings. The molecule has 0 aliphatic rings. The minimum absolute atomic E-state index is 0.506. The van der Waals surface area contributed by atoms with Gasteiger partial charge < -0.3 is 0 Å². The van der Waals surface area contributed by atoms with E-state index in [2.05, 4.69) is 38.1 Å². The van der Waals surface area contributed by atoms with Gasteiger partial charge in [0.05, 0.1) is 10.6 Å². The van der Waals surface area contributed by atoms with Gasteiger partial charge in [-0.25, -0.2) is 0 Å². The van der Waals surface area contributed by atoms with Crippen LogP contribution in [0, 0.1) is 25.2 Å². The number of nitriles is 1. The predicted octanol–water partition coefficient (Wildman–Crippen LogP) is 4.98. The van der Waals surface area contributed by atoms with Crippen LogP contribution in [0.1, 0.15) is 16.7 Å². The molecule has 0 unspecified atom stereocenters. The molecule has 2 aromatic carbocycles. The molecular formula is C15H12ClNS. The molecule has 18 heavy (non-hydrogen) atoms. The summed E-state index contributed by atoms with van der Waals surface area (Å²) in [6.07, 6.45) is 0. The smallest absolute Gasteiger partial charge is 0.102 e. The summed E-state index contributed by atoms with van der Waals surface area (Å²) in [5.74, 6) is 0. The molecule has 0 saturated carbocycles. The number of aryl methyl sites for hydroxylation is 2. The van der Waals surface area contributed by atoms with Crippen LogP contribution in [0.2, 0.25) is 5.02 Å². The first kappa shape index (κ1) is 13.0. The Morgan fingerprint density at radius 2 is 1.89 bits per heavy atom. The second kappa shape index (κ2) is 5.48. The fourth-order valence-corrected chi connectivity index (χ4v) is 2.91. The van der Waals surface area contributed by atoms with Crippen molar-refractivity contribution in [1.82, 2.24) is 0 Å². The number of benzene rings is 2. The maximum absolute atomic E-state index is 9.13. The molecule has 2 rings (SSSR count). The van der Waals surface area contributed by atoms with Gasteiger partial charge in [-0.3, -0.25) is 0 Å². The number of rotatable bonds is 2. The summed E-state index contributed by atoms with van der Waals surface area (Å²) in [4.78, 5) is 2.02. The van der Waals surface area contributed by atoms with Gasteiger partial charge in [0.1, 0.15) is 6.07 Å².